The largest absolute Gasteiger partial charge is 0.349 e. The average molecular weight is 300 g/mol. The summed E-state index contributed by atoms with van der Waals surface area (Å²) >= 11 is 0. The summed E-state index contributed by atoms with van der Waals surface area (Å²) in [5, 5.41) is 7.77. The third-order valence-electron chi connectivity index (χ3n) is 3.55. The van der Waals surface area contributed by atoms with E-state index in [1.54, 1.807) is 0 Å². The van der Waals surface area contributed by atoms with Gasteiger partial charge in [0.2, 0.25) is 10.0 Å². The quantitative estimate of drug-likeness (QED) is 0.878. The molecule has 0 radical (unpaired) electrons. The predicted molar refractivity (Wildman–Crippen MR) is 72.2 cm³/mol. The van der Waals surface area contributed by atoms with Crippen LogP contribution in [-0.4, -0.2) is 20.4 Å². The summed E-state index contributed by atoms with van der Waals surface area (Å²) in [5.74, 6) is -0.805. The van der Waals surface area contributed by atoms with Crippen LogP contribution < -0.4 is 10.5 Å². The molecule has 1 fully saturated rings. The van der Waals surface area contributed by atoms with Crippen molar-refractivity contribution >= 4 is 15.9 Å². The number of carbonyl (C=O) groups is 1. The van der Waals surface area contributed by atoms with Gasteiger partial charge in [-0.3, -0.25) is 4.79 Å². The van der Waals surface area contributed by atoms with E-state index in [0.29, 0.717) is 5.92 Å². The fourth-order valence-electron chi connectivity index (χ4n) is 2.08. The first-order chi connectivity index (χ1) is 9.20. The molecule has 110 valence electrons. The second-order valence-electron chi connectivity index (χ2n) is 5.23. The molecule has 1 amide bonds. The Balaban J connectivity index is 2.32. The highest BCUT2D eigenvalue weighted by Crippen LogP contribution is 2.32. The van der Waals surface area contributed by atoms with Crippen LogP contribution in [0.5, 0.6) is 0 Å². The summed E-state index contributed by atoms with van der Waals surface area (Å²) in [6, 6.07) is 2.13. The summed E-state index contributed by atoms with van der Waals surface area (Å²) < 4.78 is 36.5. The van der Waals surface area contributed by atoms with Crippen molar-refractivity contribution in [3.05, 3.63) is 29.1 Å². The summed E-state index contributed by atoms with van der Waals surface area (Å²) in [6.07, 6.45) is 2.12. The van der Waals surface area contributed by atoms with E-state index in [4.69, 9.17) is 5.14 Å². The Kier molecular flexibility index (Phi) is 3.84. The zero-order valence-corrected chi connectivity index (χ0v) is 12.1. The van der Waals surface area contributed by atoms with Gasteiger partial charge < -0.3 is 5.32 Å². The number of rotatable bonds is 4. The molecule has 1 atom stereocenters. The Morgan fingerprint density at radius 2 is 2.05 bits per heavy atom. The van der Waals surface area contributed by atoms with Crippen LogP contribution in [0.25, 0.3) is 0 Å². The van der Waals surface area contributed by atoms with Crippen molar-refractivity contribution in [3.8, 4) is 0 Å². The second kappa shape index (κ2) is 5.14. The molecule has 3 N–H and O–H groups in total. The number of primary sulfonamides is 1. The van der Waals surface area contributed by atoms with Gasteiger partial charge in [-0.05, 0) is 44.7 Å². The Morgan fingerprint density at radius 3 is 2.55 bits per heavy atom. The minimum Gasteiger partial charge on any atom is -0.349 e. The van der Waals surface area contributed by atoms with Crippen molar-refractivity contribution in [2.24, 2.45) is 11.1 Å². The highest BCUT2D eigenvalue weighted by atomic mass is 32.2. The fraction of sp³-hybridized carbons (Fsp3) is 0.462. The van der Waals surface area contributed by atoms with Gasteiger partial charge in [0.05, 0.1) is 4.90 Å². The first-order valence-electron chi connectivity index (χ1n) is 6.34. The van der Waals surface area contributed by atoms with E-state index in [9.17, 15) is 17.6 Å². The number of nitrogens with two attached hydrogens (primary N) is 1. The molecule has 0 saturated heterocycles. The van der Waals surface area contributed by atoms with Gasteiger partial charge >= 0.3 is 0 Å². The van der Waals surface area contributed by atoms with E-state index in [1.807, 2.05) is 6.92 Å². The number of hydrogen-bond acceptors (Lipinski definition) is 3. The number of halogens is 1. The summed E-state index contributed by atoms with van der Waals surface area (Å²) in [5.41, 5.74) is -0.121. The van der Waals surface area contributed by atoms with Crippen LogP contribution in [0.4, 0.5) is 4.39 Å². The van der Waals surface area contributed by atoms with Crippen LogP contribution in [-0.2, 0) is 10.0 Å². The summed E-state index contributed by atoms with van der Waals surface area (Å²) in [7, 11) is -4.06. The van der Waals surface area contributed by atoms with E-state index in [0.717, 1.165) is 25.0 Å². The first kappa shape index (κ1) is 14.9. The van der Waals surface area contributed by atoms with E-state index in [-0.39, 0.29) is 22.1 Å². The van der Waals surface area contributed by atoms with Gasteiger partial charge in [-0.2, -0.15) is 0 Å². The van der Waals surface area contributed by atoms with Gasteiger partial charge in [-0.1, -0.05) is 0 Å². The highest BCUT2D eigenvalue weighted by Gasteiger charge is 2.29. The van der Waals surface area contributed by atoms with Crippen LogP contribution in [0.15, 0.2) is 17.0 Å². The van der Waals surface area contributed by atoms with Crippen LogP contribution >= 0.6 is 0 Å². The topological polar surface area (TPSA) is 89.3 Å². The van der Waals surface area contributed by atoms with Crippen LogP contribution in [0.1, 0.15) is 35.7 Å². The molecule has 1 aliphatic carbocycles. The zero-order chi connectivity index (χ0) is 15.1. The molecule has 5 nitrogen and oxygen atoms in total. The molecule has 0 aliphatic heterocycles. The third kappa shape index (κ3) is 3.16. The molecule has 1 unspecified atom stereocenters. The van der Waals surface area contributed by atoms with Gasteiger partial charge in [-0.25, -0.2) is 17.9 Å². The standard InChI is InChI=1S/C13H17FN2O3S/c1-7-11(14)5-10(6-12(7)20(15,18)19)13(17)16-8(2)9-3-4-9/h5-6,8-9H,3-4H2,1-2H3,(H,16,17)(H2,15,18,19). The Morgan fingerprint density at radius 1 is 1.45 bits per heavy atom. The van der Waals surface area contributed by atoms with Gasteiger partial charge in [0.25, 0.3) is 5.91 Å². The van der Waals surface area contributed by atoms with Crippen LogP contribution in [0, 0.1) is 18.7 Å². The second-order valence-corrected chi connectivity index (χ2v) is 6.76. The Bertz CT molecular complexity index is 654. The molecule has 1 saturated carbocycles. The van der Waals surface area contributed by atoms with Crippen molar-refractivity contribution in [1.82, 2.24) is 5.32 Å². The SMILES string of the molecule is Cc1c(F)cc(C(=O)NC(C)C2CC2)cc1S(N)(=O)=O. The number of sulfonamides is 1. The fourth-order valence-corrected chi connectivity index (χ4v) is 2.90. The molecule has 2 rings (SSSR count). The van der Waals surface area contributed by atoms with Crippen molar-refractivity contribution in [2.75, 3.05) is 0 Å². The summed E-state index contributed by atoms with van der Waals surface area (Å²) in [4.78, 5) is 11.7. The van der Waals surface area contributed by atoms with Gasteiger partial charge in [0.15, 0.2) is 0 Å². The lowest BCUT2D eigenvalue weighted by molar-refractivity contribution is 0.0935. The molecule has 0 bridgehead atoms. The molecule has 0 heterocycles. The zero-order valence-electron chi connectivity index (χ0n) is 11.3. The molecule has 1 aromatic carbocycles. The molecule has 1 aliphatic rings. The van der Waals surface area contributed by atoms with Crippen molar-refractivity contribution in [1.29, 1.82) is 0 Å². The molecule has 0 aromatic heterocycles. The number of hydrogen-bond donors (Lipinski definition) is 2. The average Bonchev–Trinajstić information content (AvgIpc) is 3.14. The Hall–Kier alpha value is -1.47. The number of carbonyl (C=O) groups excluding carboxylic acids is 1. The van der Waals surface area contributed by atoms with E-state index < -0.39 is 21.7 Å². The lowest BCUT2D eigenvalue weighted by Crippen LogP contribution is -2.34. The highest BCUT2D eigenvalue weighted by molar-refractivity contribution is 7.89. The van der Waals surface area contributed by atoms with Crippen LogP contribution in [0.3, 0.4) is 0 Å². The molecule has 1 aromatic rings. The number of nitrogens with one attached hydrogen (secondary N) is 1. The monoisotopic (exact) mass is 300 g/mol. The first-order valence-corrected chi connectivity index (χ1v) is 7.88. The van der Waals surface area contributed by atoms with Crippen LogP contribution in [0.2, 0.25) is 0 Å². The van der Waals surface area contributed by atoms with Crippen molar-refractivity contribution in [2.45, 2.75) is 37.6 Å². The predicted octanol–water partition coefficient (Wildman–Crippen LogP) is 1.31. The maximum Gasteiger partial charge on any atom is 0.251 e. The van der Waals surface area contributed by atoms with Gasteiger partial charge in [0, 0.05) is 17.2 Å². The van der Waals surface area contributed by atoms with Crippen molar-refractivity contribution < 1.29 is 17.6 Å². The molecule has 20 heavy (non-hydrogen) atoms. The van der Waals surface area contributed by atoms with E-state index in [1.165, 1.54) is 6.92 Å². The molecular weight excluding hydrogens is 283 g/mol. The smallest absolute Gasteiger partial charge is 0.251 e. The molecule has 0 spiro atoms. The minimum absolute atomic E-state index is 0.00945. The normalized spacial score (nSPS) is 16.8. The van der Waals surface area contributed by atoms with Gasteiger partial charge in [-0.15, -0.1) is 0 Å². The van der Waals surface area contributed by atoms with Crippen molar-refractivity contribution in [3.63, 3.8) is 0 Å². The third-order valence-corrected chi connectivity index (χ3v) is 4.59. The van der Waals surface area contributed by atoms with E-state index >= 15 is 0 Å². The maximum atomic E-state index is 13.7. The van der Waals surface area contributed by atoms with Gasteiger partial charge in [0.1, 0.15) is 5.82 Å². The summed E-state index contributed by atoms with van der Waals surface area (Å²) in [6.45, 7) is 3.18. The number of benzene rings is 1. The van der Waals surface area contributed by atoms with E-state index in [2.05, 4.69) is 5.32 Å². The lowest BCUT2D eigenvalue weighted by Gasteiger charge is -2.14. The maximum absolute atomic E-state index is 13.7. The molecular formula is C13H17FN2O3S. The minimum atomic E-state index is -4.06. The lowest BCUT2D eigenvalue weighted by atomic mass is 10.1. The molecule has 7 heteroatoms. The number of amides is 1. The Labute approximate surface area is 117 Å².